The van der Waals surface area contributed by atoms with Gasteiger partial charge in [-0.25, -0.2) is 8.78 Å². The summed E-state index contributed by atoms with van der Waals surface area (Å²) >= 11 is 6.25. The largest absolute Gasteiger partial charge is 0.454 e. The number of aromatic nitrogens is 2. The van der Waals surface area contributed by atoms with Gasteiger partial charge in [0.2, 0.25) is 0 Å². The van der Waals surface area contributed by atoms with Crippen LogP contribution >= 0.6 is 11.6 Å². The van der Waals surface area contributed by atoms with Crippen molar-refractivity contribution < 1.29 is 13.5 Å². The fraction of sp³-hybridized carbons (Fsp3) is 0. The minimum absolute atomic E-state index is 0.101. The molecule has 0 aliphatic carbocycles. The molecule has 0 amide bonds. The monoisotopic (exact) mass is 371 g/mol. The van der Waals surface area contributed by atoms with Crippen molar-refractivity contribution >= 4 is 28.2 Å². The molecule has 26 heavy (non-hydrogen) atoms. The Labute approximate surface area is 152 Å². The summed E-state index contributed by atoms with van der Waals surface area (Å²) in [6.07, 6.45) is 0. The second kappa shape index (κ2) is 6.31. The van der Waals surface area contributed by atoms with Gasteiger partial charge in [-0.1, -0.05) is 29.8 Å². The van der Waals surface area contributed by atoms with Gasteiger partial charge in [-0.15, -0.1) is 0 Å². The van der Waals surface area contributed by atoms with Crippen LogP contribution in [0.15, 0.2) is 54.6 Å². The number of nitrogens with two attached hydrogens (primary N) is 1. The summed E-state index contributed by atoms with van der Waals surface area (Å²) in [4.78, 5) is 0. The first kappa shape index (κ1) is 16.4. The lowest BCUT2D eigenvalue weighted by atomic mass is 10.1. The van der Waals surface area contributed by atoms with Gasteiger partial charge in [0.1, 0.15) is 17.3 Å². The van der Waals surface area contributed by atoms with Crippen molar-refractivity contribution in [2.75, 3.05) is 5.73 Å². The molecule has 1 aromatic heterocycles. The van der Waals surface area contributed by atoms with Crippen LogP contribution < -0.4 is 10.5 Å². The SMILES string of the molecule is Nc1cc(Oc2ccc(F)cc2F)cc2[nH]nc(-c3ccccc3Cl)c12. The standard InChI is InChI=1S/C19H12ClF2N3O/c20-13-4-2-1-3-12(13)19-18-15(23)8-11(9-16(18)24-25-19)26-17-6-5-10(21)7-14(17)22/h1-9H,23H2,(H,24,25). The van der Waals surface area contributed by atoms with Crippen LogP contribution in [0.3, 0.4) is 0 Å². The van der Waals surface area contributed by atoms with E-state index in [1.54, 1.807) is 18.2 Å². The van der Waals surface area contributed by atoms with E-state index < -0.39 is 11.6 Å². The minimum atomic E-state index is -0.801. The average Bonchev–Trinajstić information content (AvgIpc) is 3.02. The molecule has 0 saturated heterocycles. The van der Waals surface area contributed by atoms with E-state index in [1.807, 2.05) is 18.2 Å². The number of halogens is 3. The molecule has 0 aliphatic rings. The number of nitrogens with one attached hydrogen (secondary N) is 1. The fourth-order valence-corrected chi connectivity index (χ4v) is 2.98. The molecule has 7 heteroatoms. The van der Waals surface area contributed by atoms with Crippen LogP contribution in [0.2, 0.25) is 5.02 Å². The number of fused-ring (bicyclic) bond motifs is 1. The summed E-state index contributed by atoms with van der Waals surface area (Å²) in [5, 5.41) is 8.41. The lowest BCUT2D eigenvalue weighted by molar-refractivity contribution is 0.438. The van der Waals surface area contributed by atoms with Gasteiger partial charge in [-0.2, -0.15) is 5.10 Å². The van der Waals surface area contributed by atoms with Crippen LogP contribution in [-0.2, 0) is 0 Å². The minimum Gasteiger partial charge on any atom is -0.454 e. The van der Waals surface area contributed by atoms with E-state index in [1.165, 1.54) is 6.07 Å². The van der Waals surface area contributed by atoms with E-state index in [4.69, 9.17) is 22.1 Å². The third kappa shape index (κ3) is 2.84. The quantitative estimate of drug-likeness (QED) is 0.465. The maximum absolute atomic E-state index is 13.8. The molecule has 0 aliphatic heterocycles. The highest BCUT2D eigenvalue weighted by Gasteiger charge is 2.16. The molecule has 3 N–H and O–H groups in total. The zero-order valence-electron chi connectivity index (χ0n) is 13.3. The van der Waals surface area contributed by atoms with Crippen LogP contribution in [0.4, 0.5) is 14.5 Å². The molecule has 0 spiro atoms. The molecule has 0 unspecified atom stereocenters. The Kier molecular flexibility index (Phi) is 3.97. The molecular formula is C19H12ClF2N3O. The Hall–Kier alpha value is -3.12. The molecule has 0 fully saturated rings. The normalized spacial score (nSPS) is 11.0. The predicted molar refractivity (Wildman–Crippen MR) is 97.4 cm³/mol. The molecule has 4 rings (SSSR count). The van der Waals surface area contributed by atoms with E-state index in [0.717, 1.165) is 17.7 Å². The molecule has 0 bridgehead atoms. The molecule has 0 radical (unpaired) electrons. The van der Waals surface area contributed by atoms with Gasteiger partial charge in [0.05, 0.1) is 15.9 Å². The molecular weight excluding hydrogens is 360 g/mol. The summed E-state index contributed by atoms with van der Waals surface area (Å²) in [5.74, 6) is -1.28. The van der Waals surface area contributed by atoms with Crippen molar-refractivity contribution in [1.29, 1.82) is 0 Å². The van der Waals surface area contributed by atoms with E-state index >= 15 is 0 Å². The summed E-state index contributed by atoms with van der Waals surface area (Å²) in [7, 11) is 0. The smallest absolute Gasteiger partial charge is 0.168 e. The summed E-state index contributed by atoms with van der Waals surface area (Å²) in [6, 6.07) is 13.6. The number of anilines is 1. The second-order valence-corrected chi connectivity index (χ2v) is 6.07. The third-order valence-corrected chi connectivity index (χ3v) is 4.25. The molecule has 3 aromatic carbocycles. The molecule has 130 valence electrons. The van der Waals surface area contributed by atoms with E-state index in [-0.39, 0.29) is 5.75 Å². The van der Waals surface area contributed by atoms with Crippen LogP contribution in [-0.4, -0.2) is 10.2 Å². The Bertz CT molecular complexity index is 1130. The van der Waals surface area contributed by atoms with Gasteiger partial charge in [0, 0.05) is 29.4 Å². The number of H-pyrrole nitrogens is 1. The fourth-order valence-electron chi connectivity index (χ4n) is 2.75. The maximum Gasteiger partial charge on any atom is 0.168 e. The first-order valence-electron chi connectivity index (χ1n) is 7.68. The van der Waals surface area contributed by atoms with Gasteiger partial charge in [0.25, 0.3) is 0 Å². The Balaban J connectivity index is 1.78. The Morgan fingerprint density at radius 3 is 2.62 bits per heavy atom. The topological polar surface area (TPSA) is 63.9 Å². The van der Waals surface area contributed by atoms with Crippen molar-refractivity contribution in [3.63, 3.8) is 0 Å². The number of nitrogen functional groups attached to an aromatic ring is 1. The van der Waals surface area contributed by atoms with Gasteiger partial charge >= 0.3 is 0 Å². The van der Waals surface area contributed by atoms with Gasteiger partial charge in [-0.05, 0) is 18.2 Å². The highest BCUT2D eigenvalue weighted by Crippen LogP contribution is 2.37. The van der Waals surface area contributed by atoms with Crippen molar-refractivity contribution in [1.82, 2.24) is 10.2 Å². The lowest BCUT2D eigenvalue weighted by Gasteiger charge is -2.09. The number of hydrogen-bond acceptors (Lipinski definition) is 3. The van der Waals surface area contributed by atoms with E-state index in [0.29, 0.717) is 33.1 Å². The van der Waals surface area contributed by atoms with Gasteiger partial charge < -0.3 is 10.5 Å². The summed E-state index contributed by atoms with van der Waals surface area (Å²) < 4.78 is 32.3. The average molecular weight is 372 g/mol. The van der Waals surface area contributed by atoms with Crippen molar-refractivity contribution in [3.8, 4) is 22.8 Å². The molecule has 0 saturated carbocycles. The molecule has 4 nitrogen and oxygen atoms in total. The summed E-state index contributed by atoms with van der Waals surface area (Å²) in [5.41, 5.74) is 8.52. The zero-order chi connectivity index (χ0) is 18.3. The van der Waals surface area contributed by atoms with Gasteiger partial charge in [0.15, 0.2) is 11.6 Å². The summed E-state index contributed by atoms with van der Waals surface area (Å²) in [6.45, 7) is 0. The van der Waals surface area contributed by atoms with E-state index in [2.05, 4.69) is 10.2 Å². The second-order valence-electron chi connectivity index (χ2n) is 5.66. The number of benzene rings is 3. The zero-order valence-corrected chi connectivity index (χ0v) is 14.0. The predicted octanol–water partition coefficient (Wildman–Crippen LogP) is 5.54. The third-order valence-electron chi connectivity index (χ3n) is 3.92. The van der Waals surface area contributed by atoms with Crippen LogP contribution in [0, 0.1) is 11.6 Å². The molecule has 4 aromatic rings. The van der Waals surface area contributed by atoms with Crippen molar-refractivity contribution in [2.24, 2.45) is 0 Å². The number of aromatic amines is 1. The van der Waals surface area contributed by atoms with E-state index in [9.17, 15) is 8.78 Å². The van der Waals surface area contributed by atoms with Crippen LogP contribution in [0.25, 0.3) is 22.2 Å². The van der Waals surface area contributed by atoms with Crippen molar-refractivity contribution in [2.45, 2.75) is 0 Å². The lowest BCUT2D eigenvalue weighted by Crippen LogP contribution is -1.93. The Morgan fingerprint density at radius 1 is 1.04 bits per heavy atom. The van der Waals surface area contributed by atoms with Crippen LogP contribution in [0.5, 0.6) is 11.5 Å². The first-order chi connectivity index (χ1) is 12.5. The van der Waals surface area contributed by atoms with Crippen molar-refractivity contribution in [3.05, 3.63) is 71.3 Å². The number of rotatable bonds is 3. The first-order valence-corrected chi connectivity index (χ1v) is 8.06. The number of hydrogen-bond donors (Lipinski definition) is 2. The molecule has 1 heterocycles. The maximum atomic E-state index is 13.8. The highest BCUT2D eigenvalue weighted by atomic mass is 35.5. The highest BCUT2D eigenvalue weighted by molar-refractivity contribution is 6.33. The molecule has 0 atom stereocenters. The number of ether oxygens (including phenoxy) is 1. The number of nitrogens with zero attached hydrogens (tertiary/aromatic N) is 1. The Morgan fingerprint density at radius 2 is 1.85 bits per heavy atom. The van der Waals surface area contributed by atoms with Gasteiger partial charge in [-0.3, -0.25) is 5.10 Å². The van der Waals surface area contributed by atoms with Crippen LogP contribution in [0.1, 0.15) is 0 Å².